The van der Waals surface area contributed by atoms with E-state index in [1.807, 2.05) is 0 Å². The molecule has 22 heavy (non-hydrogen) atoms. The maximum atomic E-state index is 14.3. The number of hydrogen-bond acceptors (Lipinski definition) is 4. The lowest BCUT2D eigenvalue weighted by Gasteiger charge is -2.11. The molecule has 0 atom stereocenters. The number of aromatic carboxylic acids is 1. The quantitative estimate of drug-likeness (QED) is 0.889. The van der Waals surface area contributed by atoms with Crippen molar-refractivity contribution >= 4 is 29.5 Å². The van der Waals surface area contributed by atoms with Crippen LogP contribution in [0.1, 0.15) is 21.6 Å². The van der Waals surface area contributed by atoms with E-state index < -0.39 is 34.0 Å². The van der Waals surface area contributed by atoms with Crippen molar-refractivity contribution in [3.63, 3.8) is 0 Å². The molecule has 0 saturated heterocycles. The van der Waals surface area contributed by atoms with Crippen LogP contribution in [0.3, 0.4) is 0 Å². The van der Waals surface area contributed by atoms with Gasteiger partial charge in [0.15, 0.2) is 11.5 Å². The zero-order valence-corrected chi connectivity index (χ0v) is 11.7. The van der Waals surface area contributed by atoms with E-state index in [2.05, 4.69) is 9.98 Å². The van der Waals surface area contributed by atoms with Crippen molar-refractivity contribution in [2.24, 2.45) is 4.99 Å². The zero-order valence-electron chi connectivity index (χ0n) is 10.9. The van der Waals surface area contributed by atoms with Crippen molar-refractivity contribution in [3.05, 3.63) is 45.6 Å². The number of nitrogens with zero attached hydrogens (tertiary/aromatic N) is 2. The molecule has 0 radical (unpaired) electrons. The van der Waals surface area contributed by atoms with Gasteiger partial charge < -0.3 is 10.8 Å². The van der Waals surface area contributed by atoms with Gasteiger partial charge >= 0.3 is 5.97 Å². The fourth-order valence-corrected chi connectivity index (χ4v) is 2.41. The second-order valence-corrected chi connectivity index (χ2v) is 5.03. The molecule has 5 nitrogen and oxygen atoms in total. The van der Waals surface area contributed by atoms with Crippen molar-refractivity contribution in [2.75, 3.05) is 5.73 Å². The summed E-state index contributed by atoms with van der Waals surface area (Å²) in [6.07, 6.45) is 1.46. The van der Waals surface area contributed by atoms with E-state index in [4.69, 9.17) is 22.4 Å². The van der Waals surface area contributed by atoms with Gasteiger partial charge in [-0.25, -0.2) is 18.6 Å². The molecule has 112 valence electrons. The fourth-order valence-electron chi connectivity index (χ4n) is 2.21. The Balaban J connectivity index is 2.27. The number of rotatable bonds is 2. The Morgan fingerprint density at radius 1 is 1.36 bits per heavy atom. The van der Waals surface area contributed by atoms with Gasteiger partial charge in [0.05, 0.1) is 17.3 Å². The first-order valence-electron chi connectivity index (χ1n) is 6.10. The van der Waals surface area contributed by atoms with E-state index in [1.165, 1.54) is 12.3 Å². The third kappa shape index (κ3) is 2.10. The molecule has 1 aromatic heterocycles. The summed E-state index contributed by atoms with van der Waals surface area (Å²) >= 11 is 5.67. The Bertz CT molecular complexity index is 853. The smallest absolute Gasteiger partial charge is 0.356 e. The fraction of sp³-hybridized carbons (Fsp3) is 0.0714. The molecule has 0 aliphatic carbocycles. The first-order chi connectivity index (χ1) is 10.4. The van der Waals surface area contributed by atoms with Crippen LogP contribution in [0.4, 0.5) is 14.5 Å². The highest BCUT2D eigenvalue weighted by atomic mass is 35.5. The molecule has 8 heteroatoms. The SMILES string of the molecule is Nc1c(F)c(-c2cc(F)c3c(c2)C=NC3)nc(C(=O)O)c1Cl. The molecule has 1 aliphatic rings. The van der Waals surface area contributed by atoms with Crippen LogP contribution in [0, 0.1) is 11.6 Å². The van der Waals surface area contributed by atoms with Crippen molar-refractivity contribution < 1.29 is 18.7 Å². The third-order valence-electron chi connectivity index (χ3n) is 3.30. The van der Waals surface area contributed by atoms with Crippen LogP contribution in [0.15, 0.2) is 17.1 Å². The summed E-state index contributed by atoms with van der Waals surface area (Å²) in [4.78, 5) is 18.7. The average molecular weight is 324 g/mol. The lowest BCUT2D eigenvalue weighted by Crippen LogP contribution is -2.08. The van der Waals surface area contributed by atoms with Gasteiger partial charge in [-0.2, -0.15) is 0 Å². The Kier molecular flexibility index (Phi) is 3.29. The maximum absolute atomic E-state index is 14.3. The number of pyridine rings is 1. The van der Waals surface area contributed by atoms with Crippen LogP contribution in [0.5, 0.6) is 0 Å². The Morgan fingerprint density at radius 2 is 2.09 bits per heavy atom. The summed E-state index contributed by atoms with van der Waals surface area (Å²) < 4.78 is 28.3. The van der Waals surface area contributed by atoms with E-state index in [1.54, 1.807) is 0 Å². The number of hydrogen-bond donors (Lipinski definition) is 2. The van der Waals surface area contributed by atoms with E-state index in [9.17, 15) is 13.6 Å². The number of aliphatic imine (C=N–C) groups is 1. The number of benzene rings is 1. The van der Waals surface area contributed by atoms with E-state index in [0.29, 0.717) is 11.1 Å². The minimum atomic E-state index is -1.46. The zero-order chi connectivity index (χ0) is 16.0. The molecule has 2 heterocycles. The number of carboxylic acids is 1. The highest BCUT2D eigenvalue weighted by Crippen LogP contribution is 2.34. The minimum absolute atomic E-state index is 0.0629. The summed E-state index contributed by atoms with van der Waals surface area (Å²) in [6.45, 7) is 0.209. The van der Waals surface area contributed by atoms with Crippen molar-refractivity contribution in [3.8, 4) is 11.3 Å². The van der Waals surface area contributed by atoms with Crippen LogP contribution in [-0.4, -0.2) is 22.3 Å². The van der Waals surface area contributed by atoms with Gasteiger partial charge in [-0.05, 0) is 12.1 Å². The second kappa shape index (κ2) is 5.03. The van der Waals surface area contributed by atoms with Gasteiger partial charge in [0.25, 0.3) is 0 Å². The lowest BCUT2D eigenvalue weighted by atomic mass is 10.0. The van der Waals surface area contributed by atoms with E-state index in [-0.39, 0.29) is 17.8 Å². The van der Waals surface area contributed by atoms with Gasteiger partial charge in [0, 0.05) is 22.9 Å². The monoisotopic (exact) mass is 323 g/mol. The Labute approximate surface area is 128 Å². The van der Waals surface area contributed by atoms with Crippen LogP contribution in [0.25, 0.3) is 11.3 Å². The van der Waals surface area contributed by atoms with Crippen LogP contribution >= 0.6 is 11.6 Å². The lowest BCUT2D eigenvalue weighted by molar-refractivity contribution is 0.0691. The first kappa shape index (κ1) is 14.4. The number of aromatic nitrogens is 1. The highest BCUT2D eigenvalue weighted by Gasteiger charge is 2.23. The number of halogens is 3. The number of carbonyl (C=O) groups is 1. The molecule has 0 spiro atoms. The van der Waals surface area contributed by atoms with E-state index in [0.717, 1.165) is 6.07 Å². The van der Waals surface area contributed by atoms with Gasteiger partial charge in [-0.1, -0.05) is 11.6 Å². The normalized spacial score (nSPS) is 12.5. The molecule has 3 N–H and O–H groups in total. The summed E-state index contributed by atoms with van der Waals surface area (Å²) in [5.41, 5.74) is 4.91. The Hall–Kier alpha value is -2.54. The molecule has 1 aliphatic heterocycles. The molecule has 2 aromatic rings. The summed E-state index contributed by atoms with van der Waals surface area (Å²) in [6, 6.07) is 2.54. The van der Waals surface area contributed by atoms with E-state index >= 15 is 0 Å². The largest absolute Gasteiger partial charge is 0.476 e. The summed E-state index contributed by atoms with van der Waals surface area (Å²) in [5.74, 6) is -3.03. The predicted octanol–water partition coefficient (Wildman–Crippen LogP) is 2.89. The third-order valence-corrected chi connectivity index (χ3v) is 3.68. The van der Waals surface area contributed by atoms with Crippen molar-refractivity contribution in [2.45, 2.75) is 6.54 Å². The van der Waals surface area contributed by atoms with Gasteiger partial charge in [0.1, 0.15) is 11.5 Å². The molecule has 0 bridgehead atoms. The standard InChI is InChI=1S/C14H8ClF2N3O2/c15-9-11(18)10(17)12(20-13(9)14(21)22)5-1-6-3-19-4-7(6)8(16)2-5/h1-3H,4H2,(H2,18,20)(H,21,22). The predicted molar refractivity (Wildman–Crippen MR) is 77.3 cm³/mol. The number of nitrogens with two attached hydrogens (primary N) is 1. The summed E-state index contributed by atoms with van der Waals surface area (Å²) in [7, 11) is 0. The molecule has 0 saturated carbocycles. The molecule has 3 rings (SSSR count). The van der Waals surface area contributed by atoms with Crippen LogP contribution in [0.2, 0.25) is 5.02 Å². The number of fused-ring (bicyclic) bond motifs is 1. The molecule has 0 amide bonds. The van der Waals surface area contributed by atoms with Crippen molar-refractivity contribution in [1.82, 2.24) is 4.98 Å². The van der Waals surface area contributed by atoms with Gasteiger partial charge in [-0.15, -0.1) is 0 Å². The maximum Gasteiger partial charge on any atom is 0.356 e. The molecule has 0 fully saturated rings. The second-order valence-electron chi connectivity index (χ2n) is 4.65. The minimum Gasteiger partial charge on any atom is -0.476 e. The highest BCUT2D eigenvalue weighted by molar-refractivity contribution is 6.35. The van der Waals surface area contributed by atoms with Crippen molar-refractivity contribution in [1.29, 1.82) is 0 Å². The number of anilines is 1. The topological polar surface area (TPSA) is 88.6 Å². The van der Waals surface area contributed by atoms with Gasteiger partial charge in [-0.3, -0.25) is 4.99 Å². The number of carboxylic acid groups (broad SMARTS) is 1. The average Bonchev–Trinajstić information content (AvgIpc) is 2.93. The molecular formula is C14H8ClF2N3O2. The first-order valence-corrected chi connectivity index (χ1v) is 6.48. The van der Waals surface area contributed by atoms with Crippen LogP contribution in [-0.2, 0) is 6.54 Å². The molecular weight excluding hydrogens is 316 g/mol. The summed E-state index contributed by atoms with van der Waals surface area (Å²) in [5, 5.41) is 8.55. The Morgan fingerprint density at radius 3 is 2.77 bits per heavy atom. The molecule has 0 unspecified atom stereocenters. The van der Waals surface area contributed by atoms with Gasteiger partial charge in [0.2, 0.25) is 0 Å². The number of nitrogen functional groups attached to an aromatic ring is 1. The van der Waals surface area contributed by atoms with Crippen LogP contribution < -0.4 is 5.73 Å². The molecule has 1 aromatic carbocycles.